The molecule has 0 bridgehead atoms. The molecule has 0 aliphatic rings. The van der Waals surface area contributed by atoms with E-state index in [0.29, 0.717) is 15.3 Å². The SMILES string of the molecule is Clc1c(Cl)c(Cl)c(P(c2ccccc2)c2ccccc2)c(Cl)c1Cl. The summed E-state index contributed by atoms with van der Waals surface area (Å²) < 4.78 is 0. The third-order valence-corrected chi connectivity index (χ3v) is 8.50. The van der Waals surface area contributed by atoms with Gasteiger partial charge in [-0.15, -0.1) is 0 Å². The molecule has 0 spiro atoms. The van der Waals surface area contributed by atoms with Gasteiger partial charge in [0.15, 0.2) is 0 Å². The summed E-state index contributed by atoms with van der Waals surface area (Å²) in [6.07, 6.45) is 0. The lowest BCUT2D eigenvalue weighted by atomic mass is 10.3. The van der Waals surface area contributed by atoms with Crippen LogP contribution in [-0.2, 0) is 0 Å². The Morgan fingerprint density at radius 2 is 0.792 bits per heavy atom. The molecule has 24 heavy (non-hydrogen) atoms. The van der Waals surface area contributed by atoms with Crippen LogP contribution in [0.3, 0.4) is 0 Å². The molecule has 0 saturated heterocycles. The molecule has 0 saturated carbocycles. The van der Waals surface area contributed by atoms with Crippen LogP contribution in [0.2, 0.25) is 25.1 Å². The van der Waals surface area contributed by atoms with Gasteiger partial charge in [-0.2, -0.15) is 0 Å². The summed E-state index contributed by atoms with van der Waals surface area (Å²) in [5.74, 6) is 0. The predicted molar refractivity (Wildman–Crippen MR) is 110 cm³/mol. The Kier molecular flexibility index (Phi) is 5.98. The van der Waals surface area contributed by atoms with Crippen LogP contribution in [0.5, 0.6) is 0 Å². The molecule has 3 aromatic carbocycles. The Morgan fingerprint density at radius 3 is 1.17 bits per heavy atom. The average Bonchev–Trinajstić information content (AvgIpc) is 2.63. The van der Waals surface area contributed by atoms with Crippen LogP contribution in [0.15, 0.2) is 60.7 Å². The van der Waals surface area contributed by atoms with E-state index in [-0.39, 0.29) is 15.1 Å². The molecule has 0 fully saturated rings. The fourth-order valence-corrected chi connectivity index (χ4v) is 6.50. The van der Waals surface area contributed by atoms with Crippen molar-refractivity contribution in [2.75, 3.05) is 0 Å². The lowest BCUT2D eigenvalue weighted by molar-refractivity contribution is 1.73. The highest BCUT2D eigenvalue weighted by molar-refractivity contribution is 7.80. The van der Waals surface area contributed by atoms with Crippen molar-refractivity contribution in [1.82, 2.24) is 0 Å². The summed E-state index contributed by atoms with van der Waals surface area (Å²) in [6.45, 7) is 0. The minimum atomic E-state index is -1.02. The van der Waals surface area contributed by atoms with Crippen molar-refractivity contribution in [2.24, 2.45) is 0 Å². The number of hydrogen-bond donors (Lipinski definition) is 0. The van der Waals surface area contributed by atoms with E-state index in [1.807, 2.05) is 60.7 Å². The fraction of sp³-hybridized carbons (Fsp3) is 0. The van der Waals surface area contributed by atoms with Crippen LogP contribution >= 0.6 is 65.9 Å². The zero-order valence-corrected chi connectivity index (χ0v) is 16.8. The van der Waals surface area contributed by atoms with E-state index in [0.717, 1.165) is 10.6 Å². The summed E-state index contributed by atoms with van der Waals surface area (Å²) in [6, 6.07) is 20.0. The van der Waals surface area contributed by atoms with Gasteiger partial charge in [0.1, 0.15) is 0 Å². The van der Waals surface area contributed by atoms with Gasteiger partial charge >= 0.3 is 0 Å². The second kappa shape index (κ2) is 7.83. The standard InChI is InChI=1S/C18H10Cl5P/c19-13-14(20)16(22)18(17(23)15(13)21)24(11-7-3-1-4-8-11)12-9-5-2-6-10-12/h1-10H. The Balaban J connectivity index is 2.33. The van der Waals surface area contributed by atoms with E-state index in [1.165, 1.54) is 0 Å². The lowest BCUT2D eigenvalue weighted by Crippen LogP contribution is -2.22. The maximum atomic E-state index is 6.53. The van der Waals surface area contributed by atoms with E-state index >= 15 is 0 Å². The third kappa shape index (κ3) is 3.42. The van der Waals surface area contributed by atoms with Gasteiger partial charge in [0.05, 0.1) is 25.1 Å². The maximum Gasteiger partial charge on any atom is 0.0809 e. The van der Waals surface area contributed by atoms with Crippen molar-refractivity contribution < 1.29 is 0 Å². The monoisotopic (exact) mass is 432 g/mol. The largest absolute Gasteiger partial charge is 0.0819 e. The Bertz CT molecular complexity index is 797. The quantitative estimate of drug-likeness (QED) is 0.244. The molecule has 0 aromatic heterocycles. The van der Waals surface area contributed by atoms with Crippen molar-refractivity contribution in [1.29, 1.82) is 0 Å². The minimum Gasteiger partial charge on any atom is -0.0819 e. The molecule has 6 heteroatoms. The maximum absolute atomic E-state index is 6.53. The molecule has 0 heterocycles. The molecule has 0 unspecified atom stereocenters. The first-order chi connectivity index (χ1) is 11.5. The molecule has 3 aromatic rings. The molecule has 0 amide bonds. The van der Waals surface area contributed by atoms with Crippen molar-refractivity contribution in [3.05, 3.63) is 85.8 Å². The van der Waals surface area contributed by atoms with Gasteiger partial charge in [0, 0.05) is 5.30 Å². The molecule has 0 N–H and O–H groups in total. The highest BCUT2D eigenvalue weighted by Crippen LogP contribution is 2.46. The molecule has 0 radical (unpaired) electrons. The minimum absolute atomic E-state index is 0.174. The van der Waals surface area contributed by atoms with E-state index in [2.05, 4.69) is 0 Å². The van der Waals surface area contributed by atoms with Gasteiger partial charge < -0.3 is 0 Å². The molecule has 0 aliphatic carbocycles. The lowest BCUT2D eigenvalue weighted by Gasteiger charge is -2.23. The Labute approximate surface area is 167 Å². The van der Waals surface area contributed by atoms with E-state index in [1.54, 1.807) is 0 Å². The van der Waals surface area contributed by atoms with Gasteiger partial charge in [0.25, 0.3) is 0 Å². The smallest absolute Gasteiger partial charge is 0.0809 e. The predicted octanol–water partition coefficient (Wildman–Crippen LogP) is 6.71. The first kappa shape index (κ1) is 18.3. The molecular formula is C18H10Cl5P. The zero-order valence-electron chi connectivity index (χ0n) is 12.1. The van der Waals surface area contributed by atoms with Gasteiger partial charge in [-0.05, 0) is 18.5 Å². The van der Waals surface area contributed by atoms with Crippen LogP contribution in [0.4, 0.5) is 0 Å². The van der Waals surface area contributed by atoms with Crippen LogP contribution in [0, 0.1) is 0 Å². The van der Waals surface area contributed by atoms with Crippen molar-refractivity contribution in [2.45, 2.75) is 0 Å². The van der Waals surface area contributed by atoms with Crippen LogP contribution in [-0.4, -0.2) is 0 Å². The summed E-state index contributed by atoms with van der Waals surface area (Å²) in [5, 5.41) is 4.21. The molecular weight excluding hydrogens is 424 g/mol. The molecule has 122 valence electrons. The van der Waals surface area contributed by atoms with Crippen molar-refractivity contribution in [3.63, 3.8) is 0 Å². The van der Waals surface area contributed by atoms with Crippen molar-refractivity contribution >= 4 is 81.8 Å². The third-order valence-electron chi connectivity index (χ3n) is 3.44. The molecule has 3 rings (SSSR count). The zero-order chi connectivity index (χ0) is 17.3. The van der Waals surface area contributed by atoms with Gasteiger partial charge in [-0.25, -0.2) is 0 Å². The highest BCUT2D eigenvalue weighted by atomic mass is 35.5. The summed E-state index contributed by atoms with van der Waals surface area (Å²) in [5.41, 5.74) is 0. The van der Waals surface area contributed by atoms with Gasteiger partial charge in [-0.1, -0.05) is 119 Å². The summed E-state index contributed by atoms with van der Waals surface area (Å²) >= 11 is 31.8. The van der Waals surface area contributed by atoms with Gasteiger partial charge in [-0.3, -0.25) is 0 Å². The number of hydrogen-bond acceptors (Lipinski definition) is 0. The van der Waals surface area contributed by atoms with Gasteiger partial charge in [0.2, 0.25) is 0 Å². The second-order valence-electron chi connectivity index (χ2n) is 4.93. The Hall–Kier alpha value is -0.460. The van der Waals surface area contributed by atoms with Crippen LogP contribution < -0.4 is 15.9 Å². The van der Waals surface area contributed by atoms with Crippen LogP contribution in [0.25, 0.3) is 0 Å². The van der Waals surface area contributed by atoms with Crippen LogP contribution in [0.1, 0.15) is 0 Å². The molecule has 0 atom stereocenters. The van der Waals surface area contributed by atoms with Crippen molar-refractivity contribution in [3.8, 4) is 0 Å². The topological polar surface area (TPSA) is 0 Å². The Morgan fingerprint density at radius 1 is 0.458 bits per heavy atom. The highest BCUT2D eigenvalue weighted by Gasteiger charge is 2.27. The fourth-order valence-electron chi connectivity index (χ4n) is 2.35. The molecule has 0 nitrogen and oxygen atoms in total. The summed E-state index contributed by atoms with van der Waals surface area (Å²) in [7, 11) is -1.02. The molecule has 0 aliphatic heterocycles. The van der Waals surface area contributed by atoms with E-state index in [4.69, 9.17) is 58.0 Å². The first-order valence-corrected chi connectivity index (χ1v) is 10.2. The second-order valence-corrected chi connectivity index (χ2v) is 8.97. The number of benzene rings is 3. The average molecular weight is 435 g/mol. The first-order valence-electron chi connectivity index (χ1n) is 6.94. The van der Waals surface area contributed by atoms with E-state index in [9.17, 15) is 0 Å². The number of halogens is 5. The number of rotatable bonds is 3. The van der Waals surface area contributed by atoms with E-state index < -0.39 is 7.92 Å². The summed E-state index contributed by atoms with van der Waals surface area (Å²) in [4.78, 5) is 0. The normalized spacial score (nSPS) is 11.1.